The van der Waals surface area contributed by atoms with E-state index in [1.54, 1.807) is 11.1 Å². The van der Waals surface area contributed by atoms with Gasteiger partial charge in [-0.3, -0.25) is 0 Å². The lowest BCUT2D eigenvalue weighted by Gasteiger charge is -2.33. The predicted molar refractivity (Wildman–Crippen MR) is 101 cm³/mol. The number of alkyl halides is 3. The molecule has 1 aliphatic rings. The van der Waals surface area contributed by atoms with E-state index >= 15 is 0 Å². The van der Waals surface area contributed by atoms with Crippen molar-refractivity contribution in [1.29, 1.82) is 0 Å². The molecule has 1 saturated heterocycles. The first kappa shape index (κ1) is 20.1. The zero-order valence-corrected chi connectivity index (χ0v) is 15.8. The first-order chi connectivity index (χ1) is 13.4. The predicted octanol–water partition coefficient (Wildman–Crippen LogP) is 3.83. The standard InChI is InChI=1S/C19H22F3N5O/c1-3-14(2)13-27(17-11-15(12-24-25-17)19(20,21)22)18-16(5-4-6-23-18)26-7-9-28-10-8-26/h3-6,11-12H,7-10,13H2,1-2H3/b14-3+. The highest BCUT2D eigenvalue weighted by Gasteiger charge is 2.32. The molecular weight excluding hydrogens is 371 g/mol. The van der Waals surface area contributed by atoms with Gasteiger partial charge >= 0.3 is 6.18 Å². The third-order valence-corrected chi connectivity index (χ3v) is 4.52. The van der Waals surface area contributed by atoms with Crippen molar-refractivity contribution in [2.45, 2.75) is 20.0 Å². The van der Waals surface area contributed by atoms with E-state index in [1.807, 2.05) is 32.1 Å². The van der Waals surface area contributed by atoms with E-state index in [2.05, 4.69) is 20.1 Å². The molecule has 0 bridgehead atoms. The molecule has 28 heavy (non-hydrogen) atoms. The van der Waals surface area contributed by atoms with E-state index in [9.17, 15) is 13.2 Å². The zero-order chi connectivity index (χ0) is 20.1. The molecule has 0 atom stereocenters. The molecule has 0 aromatic carbocycles. The Balaban J connectivity index is 2.07. The van der Waals surface area contributed by atoms with Crippen molar-refractivity contribution < 1.29 is 17.9 Å². The monoisotopic (exact) mass is 393 g/mol. The van der Waals surface area contributed by atoms with E-state index < -0.39 is 11.7 Å². The lowest BCUT2D eigenvalue weighted by Crippen LogP contribution is -2.37. The van der Waals surface area contributed by atoms with Gasteiger partial charge in [0.15, 0.2) is 11.6 Å². The molecule has 2 aromatic heterocycles. The molecular formula is C19H22F3N5O. The number of pyridine rings is 1. The Hall–Kier alpha value is -2.68. The van der Waals surface area contributed by atoms with Gasteiger partial charge in [-0.1, -0.05) is 11.6 Å². The summed E-state index contributed by atoms with van der Waals surface area (Å²) in [6.07, 6.45) is -0.238. The highest BCUT2D eigenvalue weighted by Crippen LogP contribution is 2.35. The van der Waals surface area contributed by atoms with Crippen LogP contribution >= 0.6 is 0 Å². The molecule has 2 aromatic rings. The SMILES string of the molecule is C/C=C(\C)CN(c1cc(C(F)(F)F)cnn1)c1ncccc1N1CCOCC1. The van der Waals surface area contributed by atoms with Crippen LogP contribution in [0.25, 0.3) is 0 Å². The summed E-state index contributed by atoms with van der Waals surface area (Å²) >= 11 is 0. The maximum absolute atomic E-state index is 13.2. The number of hydrogen-bond donors (Lipinski definition) is 0. The van der Waals surface area contributed by atoms with Gasteiger partial charge in [-0.2, -0.15) is 18.3 Å². The Morgan fingerprint density at radius 3 is 2.75 bits per heavy atom. The van der Waals surface area contributed by atoms with Crippen LogP contribution in [-0.4, -0.2) is 48.0 Å². The van der Waals surface area contributed by atoms with Crippen LogP contribution in [0.2, 0.25) is 0 Å². The summed E-state index contributed by atoms with van der Waals surface area (Å²) < 4.78 is 45.0. The smallest absolute Gasteiger partial charge is 0.378 e. The van der Waals surface area contributed by atoms with Gasteiger partial charge in [0.25, 0.3) is 0 Å². The molecule has 0 unspecified atom stereocenters. The molecule has 3 rings (SSSR count). The maximum atomic E-state index is 13.2. The Morgan fingerprint density at radius 1 is 1.32 bits per heavy atom. The third kappa shape index (κ3) is 4.59. The van der Waals surface area contributed by atoms with Crippen LogP contribution in [0.15, 0.2) is 42.2 Å². The average molecular weight is 393 g/mol. The van der Waals surface area contributed by atoms with Gasteiger partial charge in [0, 0.05) is 25.8 Å². The Labute approximate surface area is 161 Å². The van der Waals surface area contributed by atoms with Gasteiger partial charge < -0.3 is 14.5 Å². The largest absolute Gasteiger partial charge is 0.418 e. The van der Waals surface area contributed by atoms with Crippen molar-refractivity contribution in [3.05, 3.63) is 47.8 Å². The number of halogens is 3. The number of allylic oxidation sites excluding steroid dienone is 1. The highest BCUT2D eigenvalue weighted by atomic mass is 19.4. The minimum absolute atomic E-state index is 0.101. The van der Waals surface area contributed by atoms with Crippen molar-refractivity contribution in [1.82, 2.24) is 15.2 Å². The lowest BCUT2D eigenvalue weighted by molar-refractivity contribution is -0.137. The van der Waals surface area contributed by atoms with Gasteiger partial charge in [-0.05, 0) is 32.0 Å². The fourth-order valence-corrected chi connectivity index (χ4v) is 2.89. The van der Waals surface area contributed by atoms with Crippen molar-refractivity contribution in [2.75, 3.05) is 42.6 Å². The summed E-state index contributed by atoms with van der Waals surface area (Å²) in [7, 11) is 0. The number of anilines is 3. The molecule has 6 nitrogen and oxygen atoms in total. The van der Waals surface area contributed by atoms with E-state index in [0.717, 1.165) is 23.5 Å². The number of ether oxygens (including phenoxy) is 1. The second-order valence-corrected chi connectivity index (χ2v) is 6.47. The van der Waals surface area contributed by atoms with E-state index in [1.165, 1.54) is 0 Å². The van der Waals surface area contributed by atoms with Crippen LogP contribution in [-0.2, 0) is 10.9 Å². The first-order valence-corrected chi connectivity index (χ1v) is 8.97. The fraction of sp³-hybridized carbons (Fsp3) is 0.421. The summed E-state index contributed by atoms with van der Waals surface area (Å²) in [5, 5.41) is 7.55. The maximum Gasteiger partial charge on any atom is 0.418 e. The fourth-order valence-electron chi connectivity index (χ4n) is 2.89. The molecule has 1 fully saturated rings. The quantitative estimate of drug-likeness (QED) is 0.720. The van der Waals surface area contributed by atoms with Gasteiger partial charge in [-0.15, -0.1) is 5.10 Å². The summed E-state index contributed by atoms with van der Waals surface area (Å²) in [5.41, 5.74) is 0.955. The zero-order valence-electron chi connectivity index (χ0n) is 15.8. The molecule has 150 valence electrons. The first-order valence-electron chi connectivity index (χ1n) is 8.97. The van der Waals surface area contributed by atoms with Gasteiger partial charge in [0.05, 0.1) is 30.7 Å². The van der Waals surface area contributed by atoms with Crippen molar-refractivity contribution in [3.8, 4) is 0 Å². The normalized spacial score (nSPS) is 15.6. The van der Waals surface area contributed by atoms with Gasteiger partial charge in [0.2, 0.25) is 0 Å². The van der Waals surface area contributed by atoms with Crippen molar-refractivity contribution in [2.24, 2.45) is 0 Å². The van der Waals surface area contributed by atoms with Crippen LogP contribution in [0.5, 0.6) is 0 Å². The summed E-state index contributed by atoms with van der Waals surface area (Å²) in [6, 6.07) is 4.73. The molecule has 0 aliphatic carbocycles. The van der Waals surface area contributed by atoms with Crippen molar-refractivity contribution >= 4 is 17.3 Å². The minimum Gasteiger partial charge on any atom is -0.378 e. The number of nitrogens with zero attached hydrogens (tertiary/aromatic N) is 5. The topological polar surface area (TPSA) is 54.4 Å². The Kier molecular flexibility index (Phi) is 6.13. The molecule has 3 heterocycles. The summed E-state index contributed by atoms with van der Waals surface area (Å²) in [4.78, 5) is 8.26. The third-order valence-electron chi connectivity index (χ3n) is 4.52. The van der Waals surface area contributed by atoms with Crippen LogP contribution in [0, 0.1) is 0 Å². The highest BCUT2D eigenvalue weighted by molar-refractivity contribution is 5.73. The van der Waals surface area contributed by atoms with E-state index in [0.29, 0.717) is 38.7 Å². The van der Waals surface area contributed by atoms with Gasteiger partial charge in [0.1, 0.15) is 0 Å². The molecule has 0 spiro atoms. The molecule has 0 N–H and O–H groups in total. The Bertz CT molecular complexity index is 834. The van der Waals surface area contributed by atoms with Crippen LogP contribution in [0.1, 0.15) is 19.4 Å². The van der Waals surface area contributed by atoms with E-state index in [-0.39, 0.29) is 5.82 Å². The summed E-state index contributed by atoms with van der Waals surface area (Å²) in [5.74, 6) is 0.642. The van der Waals surface area contributed by atoms with Gasteiger partial charge in [-0.25, -0.2) is 4.98 Å². The number of hydrogen-bond acceptors (Lipinski definition) is 6. The number of aromatic nitrogens is 3. The molecule has 0 radical (unpaired) electrons. The molecule has 1 aliphatic heterocycles. The molecule has 0 amide bonds. The van der Waals surface area contributed by atoms with E-state index in [4.69, 9.17) is 4.74 Å². The number of rotatable bonds is 5. The second kappa shape index (κ2) is 8.55. The van der Waals surface area contributed by atoms with Crippen LogP contribution in [0.4, 0.5) is 30.5 Å². The molecule has 9 heteroatoms. The van der Waals surface area contributed by atoms with Crippen LogP contribution < -0.4 is 9.80 Å². The Morgan fingerprint density at radius 2 is 2.07 bits per heavy atom. The molecule has 0 saturated carbocycles. The number of morpholine rings is 1. The van der Waals surface area contributed by atoms with Crippen LogP contribution in [0.3, 0.4) is 0 Å². The lowest BCUT2D eigenvalue weighted by atomic mass is 10.2. The van der Waals surface area contributed by atoms with Crippen molar-refractivity contribution in [3.63, 3.8) is 0 Å². The second-order valence-electron chi connectivity index (χ2n) is 6.47. The average Bonchev–Trinajstić information content (AvgIpc) is 2.72. The summed E-state index contributed by atoms with van der Waals surface area (Å²) in [6.45, 7) is 6.68. The minimum atomic E-state index is -4.50.